The van der Waals surface area contributed by atoms with Crippen LogP contribution in [-0.2, 0) is 6.42 Å². The summed E-state index contributed by atoms with van der Waals surface area (Å²) in [5.41, 5.74) is 2.20. The highest BCUT2D eigenvalue weighted by Crippen LogP contribution is 2.24. The number of unbranched alkanes of at least 4 members (excludes halogenated alkanes) is 1. The van der Waals surface area contributed by atoms with Crippen molar-refractivity contribution in [2.75, 3.05) is 0 Å². The second kappa shape index (κ2) is 5.46. The first-order valence-corrected chi connectivity index (χ1v) is 6.75. The van der Waals surface area contributed by atoms with Crippen LogP contribution >= 0.6 is 22.9 Å². The molecule has 3 heteroatoms. The molecule has 1 nitrogen and oxygen atoms in total. The van der Waals surface area contributed by atoms with E-state index in [1.54, 1.807) is 11.3 Å². The fourth-order valence-electron chi connectivity index (χ4n) is 1.51. The van der Waals surface area contributed by atoms with E-state index in [9.17, 15) is 0 Å². The molecule has 0 unspecified atom stereocenters. The third-order valence-corrected chi connectivity index (χ3v) is 3.60. The van der Waals surface area contributed by atoms with Crippen molar-refractivity contribution in [2.24, 2.45) is 0 Å². The molecule has 0 atom stereocenters. The van der Waals surface area contributed by atoms with Gasteiger partial charge in [-0.15, -0.1) is 11.3 Å². The first-order valence-electron chi connectivity index (χ1n) is 5.50. The first kappa shape index (κ1) is 11.6. The number of hydrogen-bond donors (Lipinski definition) is 0. The van der Waals surface area contributed by atoms with Gasteiger partial charge in [0.15, 0.2) is 0 Å². The van der Waals surface area contributed by atoms with E-state index in [0.29, 0.717) is 0 Å². The quantitative estimate of drug-likeness (QED) is 0.760. The lowest BCUT2D eigenvalue weighted by Gasteiger charge is -1.96. The molecular weight excluding hydrogens is 238 g/mol. The predicted molar refractivity (Wildman–Crippen MR) is 71.2 cm³/mol. The van der Waals surface area contributed by atoms with Gasteiger partial charge in [-0.3, -0.25) is 0 Å². The van der Waals surface area contributed by atoms with E-state index in [1.165, 1.54) is 17.8 Å². The summed E-state index contributed by atoms with van der Waals surface area (Å²) in [4.78, 5) is 4.62. The number of halogens is 1. The fraction of sp³-hybridized carbons (Fsp3) is 0.308. The molecule has 0 fully saturated rings. The van der Waals surface area contributed by atoms with Gasteiger partial charge in [0, 0.05) is 16.0 Å². The molecule has 0 radical (unpaired) electrons. The highest BCUT2D eigenvalue weighted by Gasteiger charge is 2.03. The summed E-state index contributed by atoms with van der Waals surface area (Å²) < 4.78 is 0. The van der Waals surface area contributed by atoms with Crippen LogP contribution in [0.2, 0.25) is 5.02 Å². The van der Waals surface area contributed by atoms with Gasteiger partial charge in [-0.25, -0.2) is 4.98 Å². The number of aromatic nitrogens is 1. The molecule has 0 spiro atoms. The monoisotopic (exact) mass is 251 g/mol. The van der Waals surface area contributed by atoms with Gasteiger partial charge in [-0.1, -0.05) is 37.1 Å². The summed E-state index contributed by atoms with van der Waals surface area (Å²) in [5.74, 6) is 0. The third-order valence-electron chi connectivity index (χ3n) is 2.44. The summed E-state index contributed by atoms with van der Waals surface area (Å²) in [7, 11) is 0. The molecule has 1 heterocycles. The molecule has 0 saturated heterocycles. The van der Waals surface area contributed by atoms with Crippen molar-refractivity contribution < 1.29 is 0 Å². The van der Waals surface area contributed by atoms with Crippen molar-refractivity contribution in [3.63, 3.8) is 0 Å². The molecule has 0 amide bonds. The van der Waals surface area contributed by atoms with Gasteiger partial charge in [0.25, 0.3) is 0 Å². The zero-order valence-electron chi connectivity index (χ0n) is 9.24. The fourth-order valence-corrected chi connectivity index (χ4v) is 2.48. The Kier molecular flexibility index (Phi) is 3.97. The van der Waals surface area contributed by atoms with Crippen molar-refractivity contribution in [3.8, 4) is 11.3 Å². The van der Waals surface area contributed by atoms with Crippen LogP contribution in [-0.4, -0.2) is 4.98 Å². The largest absolute Gasteiger partial charge is 0.241 e. The van der Waals surface area contributed by atoms with E-state index >= 15 is 0 Å². The van der Waals surface area contributed by atoms with E-state index < -0.39 is 0 Å². The lowest BCUT2D eigenvalue weighted by atomic mass is 10.2. The van der Waals surface area contributed by atoms with E-state index in [4.69, 9.17) is 11.6 Å². The van der Waals surface area contributed by atoms with Gasteiger partial charge in [0.1, 0.15) is 0 Å². The highest BCUT2D eigenvalue weighted by atomic mass is 35.5. The number of hydrogen-bond acceptors (Lipinski definition) is 2. The number of thiazole rings is 1. The average Bonchev–Trinajstić information content (AvgIpc) is 2.76. The molecule has 1 aromatic heterocycles. The van der Waals surface area contributed by atoms with Crippen LogP contribution in [0, 0.1) is 0 Å². The van der Waals surface area contributed by atoms with E-state index in [2.05, 4.69) is 17.3 Å². The van der Waals surface area contributed by atoms with E-state index in [-0.39, 0.29) is 0 Å². The zero-order chi connectivity index (χ0) is 11.4. The Morgan fingerprint density at radius 1 is 1.25 bits per heavy atom. The third kappa shape index (κ3) is 2.83. The molecule has 16 heavy (non-hydrogen) atoms. The van der Waals surface area contributed by atoms with E-state index in [1.807, 2.05) is 24.3 Å². The summed E-state index contributed by atoms with van der Waals surface area (Å²) in [6, 6.07) is 7.84. The summed E-state index contributed by atoms with van der Waals surface area (Å²) in [6.45, 7) is 2.20. The normalized spacial score (nSPS) is 10.6. The Labute approximate surface area is 105 Å². The topological polar surface area (TPSA) is 12.9 Å². The number of rotatable bonds is 4. The van der Waals surface area contributed by atoms with Crippen LogP contribution in [0.4, 0.5) is 0 Å². The van der Waals surface area contributed by atoms with Crippen molar-refractivity contribution in [1.82, 2.24) is 4.98 Å². The minimum atomic E-state index is 0.769. The Morgan fingerprint density at radius 2 is 2.00 bits per heavy atom. The van der Waals surface area contributed by atoms with Crippen LogP contribution in [0.5, 0.6) is 0 Å². The van der Waals surface area contributed by atoms with Gasteiger partial charge in [0.2, 0.25) is 0 Å². The van der Waals surface area contributed by atoms with E-state index in [0.717, 1.165) is 22.7 Å². The highest BCUT2D eigenvalue weighted by molar-refractivity contribution is 7.09. The summed E-state index contributed by atoms with van der Waals surface area (Å²) in [6.07, 6.45) is 3.53. The molecular formula is C13H14ClNS. The Hall–Kier alpha value is -0.860. The molecule has 2 rings (SSSR count). The molecule has 0 aliphatic carbocycles. The Balaban J connectivity index is 2.15. The minimum Gasteiger partial charge on any atom is -0.241 e. The van der Waals surface area contributed by atoms with Crippen molar-refractivity contribution in [1.29, 1.82) is 0 Å². The van der Waals surface area contributed by atoms with Crippen LogP contribution in [0.3, 0.4) is 0 Å². The maximum absolute atomic E-state index is 5.86. The van der Waals surface area contributed by atoms with Crippen LogP contribution in [0.15, 0.2) is 29.6 Å². The van der Waals surface area contributed by atoms with Gasteiger partial charge >= 0.3 is 0 Å². The Morgan fingerprint density at radius 3 is 2.69 bits per heavy atom. The minimum absolute atomic E-state index is 0.769. The molecule has 84 valence electrons. The predicted octanol–water partition coefficient (Wildman–Crippen LogP) is 4.81. The zero-order valence-corrected chi connectivity index (χ0v) is 10.8. The molecule has 0 bridgehead atoms. The molecule has 0 aliphatic rings. The summed E-state index contributed by atoms with van der Waals surface area (Å²) in [5, 5.41) is 4.12. The number of aryl methyl sites for hydroxylation is 1. The maximum Gasteiger partial charge on any atom is 0.0932 e. The number of nitrogens with zero attached hydrogens (tertiary/aromatic N) is 1. The lowest BCUT2D eigenvalue weighted by molar-refractivity contribution is 0.790. The molecule has 1 aromatic carbocycles. The lowest BCUT2D eigenvalue weighted by Crippen LogP contribution is -1.83. The van der Waals surface area contributed by atoms with Crippen molar-refractivity contribution in [2.45, 2.75) is 26.2 Å². The SMILES string of the molecule is CCCCc1nc(-c2ccc(Cl)cc2)cs1. The van der Waals surface area contributed by atoms with Crippen molar-refractivity contribution in [3.05, 3.63) is 39.7 Å². The average molecular weight is 252 g/mol. The second-order valence-corrected chi connectivity index (χ2v) is 5.12. The molecule has 0 N–H and O–H groups in total. The first-order chi connectivity index (χ1) is 7.79. The van der Waals surface area contributed by atoms with Crippen LogP contribution < -0.4 is 0 Å². The van der Waals surface area contributed by atoms with Crippen LogP contribution in [0.25, 0.3) is 11.3 Å². The standard InChI is InChI=1S/C13H14ClNS/c1-2-3-4-13-15-12(9-16-13)10-5-7-11(14)8-6-10/h5-9H,2-4H2,1H3. The summed E-state index contributed by atoms with van der Waals surface area (Å²) >= 11 is 7.60. The van der Waals surface area contributed by atoms with Gasteiger partial charge in [0.05, 0.1) is 10.7 Å². The van der Waals surface area contributed by atoms with Gasteiger partial charge in [-0.05, 0) is 25.0 Å². The number of benzene rings is 1. The van der Waals surface area contributed by atoms with Gasteiger partial charge < -0.3 is 0 Å². The second-order valence-electron chi connectivity index (χ2n) is 3.74. The maximum atomic E-state index is 5.86. The van der Waals surface area contributed by atoms with Crippen molar-refractivity contribution >= 4 is 22.9 Å². The molecule has 2 aromatic rings. The van der Waals surface area contributed by atoms with Gasteiger partial charge in [-0.2, -0.15) is 0 Å². The van der Waals surface area contributed by atoms with Crippen LogP contribution in [0.1, 0.15) is 24.8 Å². The smallest absolute Gasteiger partial charge is 0.0932 e. The Bertz CT molecular complexity index is 447. The molecule has 0 saturated carbocycles. The molecule has 0 aliphatic heterocycles.